The molecular weight excluding hydrogens is 264 g/mol. The van der Waals surface area contributed by atoms with E-state index in [-0.39, 0.29) is 17.9 Å². The van der Waals surface area contributed by atoms with Crippen molar-refractivity contribution in [1.29, 1.82) is 0 Å². The van der Waals surface area contributed by atoms with Gasteiger partial charge in [-0.05, 0) is 23.8 Å². The minimum absolute atomic E-state index is 0.0598. The third-order valence-corrected chi connectivity index (χ3v) is 2.92. The molecule has 2 aromatic rings. The van der Waals surface area contributed by atoms with Crippen molar-refractivity contribution in [3.05, 3.63) is 65.2 Å². The second kappa shape index (κ2) is 6.45. The first-order valence-corrected chi connectivity index (χ1v) is 6.18. The highest BCUT2D eigenvalue weighted by Crippen LogP contribution is 2.17. The summed E-state index contributed by atoms with van der Waals surface area (Å²) in [6, 6.07) is 9.71. The van der Waals surface area contributed by atoms with Gasteiger partial charge in [-0.1, -0.05) is 18.2 Å². The van der Waals surface area contributed by atoms with E-state index >= 15 is 0 Å². The lowest BCUT2D eigenvalue weighted by Crippen LogP contribution is -2.21. The standard InChI is InChI=1S/C15H15F2NO2/c16-11-3-6-13(14(17)7-11)15(20)9-18-8-10-1-4-12(19)5-2-10/h1-7,15,18-20H,8-9H2. The van der Waals surface area contributed by atoms with Gasteiger partial charge >= 0.3 is 0 Å². The molecule has 0 spiro atoms. The van der Waals surface area contributed by atoms with Crippen LogP contribution in [0.1, 0.15) is 17.2 Å². The molecule has 0 aromatic heterocycles. The van der Waals surface area contributed by atoms with Crippen molar-refractivity contribution in [3.8, 4) is 5.75 Å². The van der Waals surface area contributed by atoms with Crippen LogP contribution in [0.5, 0.6) is 5.75 Å². The second-order valence-electron chi connectivity index (χ2n) is 4.48. The number of phenolic OH excluding ortho intramolecular Hbond substituents is 1. The molecule has 1 atom stereocenters. The maximum absolute atomic E-state index is 13.4. The molecule has 2 aromatic carbocycles. The Morgan fingerprint density at radius 3 is 2.40 bits per heavy atom. The van der Waals surface area contributed by atoms with Crippen LogP contribution in [0.3, 0.4) is 0 Å². The lowest BCUT2D eigenvalue weighted by atomic mass is 10.1. The molecule has 0 saturated carbocycles. The first-order valence-electron chi connectivity index (χ1n) is 6.18. The van der Waals surface area contributed by atoms with Gasteiger partial charge in [-0.3, -0.25) is 0 Å². The molecule has 0 aliphatic heterocycles. The Balaban J connectivity index is 1.88. The fourth-order valence-corrected chi connectivity index (χ4v) is 1.85. The van der Waals surface area contributed by atoms with Gasteiger partial charge in [0.2, 0.25) is 0 Å². The smallest absolute Gasteiger partial charge is 0.131 e. The second-order valence-corrected chi connectivity index (χ2v) is 4.48. The highest BCUT2D eigenvalue weighted by Gasteiger charge is 2.12. The van der Waals surface area contributed by atoms with E-state index in [1.807, 2.05) is 0 Å². The minimum Gasteiger partial charge on any atom is -0.508 e. The lowest BCUT2D eigenvalue weighted by Gasteiger charge is -2.13. The molecule has 0 radical (unpaired) electrons. The average molecular weight is 279 g/mol. The molecule has 3 N–H and O–H groups in total. The molecule has 5 heteroatoms. The van der Waals surface area contributed by atoms with Crippen molar-refractivity contribution < 1.29 is 19.0 Å². The van der Waals surface area contributed by atoms with E-state index in [1.54, 1.807) is 24.3 Å². The Morgan fingerprint density at radius 1 is 1.05 bits per heavy atom. The summed E-state index contributed by atoms with van der Waals surface area (Å²) < 4.78 is 26.2. The Bertz CT molecular complexity index is 573. The van der Waals surface area contributed by atoms with Crippen molar-refractivity contribution in [3.63, 3.8) is 0 Å². The first kappa shape index (κ1) is 14.4. The highest BCUT2D eigenvalue weighted by molar-refractivity contribution is 5.26. The van der Waals surface area contributed by atoms with Crippen LogP contribution in [-0.2, 0) is 6.54 Å². The topological polar surface area (TPSA) is 52.5 Å². The van der Waals surface area contributed by atoms with Crippen molar-refractivity contribution in [2.75, 3.05) is 6.54 Å². The maximum atomic E-state index is 13.4. The summed E-state index contributed by atoms with van der Waals surface area (Å²) in [6.45, 7) is 0.615. The van der Waals surface area contributed by atoms with Crippen LogP contribution in [0.2, 0.25) is 0 Å². The molecule has 20 heavy (non-hydrogen) atoms. The highest BCUT2D eigenvalue weighted by atomic mass is 19.1. The zero-order chi connectivity index (χ0) is 14.5. The predicted octanol–water partition coefficient (Wildman–Crippen LogP) is 2.49. The van der Waals surface area contributed by atoms with Crippen molar-refractivity contribution >= 4 is 0 Å². The fourth-order valence-electron chi connectivity index (χ4n) is 1.85. The van der Waals surface area contributed by atoms with E-state index in [4.69, 9.17) is 5.11 Å². The van der Waals surface area contributed by atoms with Crippen molar-refractivity contribution in [2.45, 2.75) is 12.6 Å². The van der Waals surface area contributed by atoms with Gasteiger partial charge in [0, 0.05) is 24.7 Å². The molecule has 2 rings (SSSR count). The number of benzene rings is 2. The van der Waals surface area contributed by atoms with E-state index in [9.17, 15) is 13.9 Å². The van der Waals surface area contributed by atoms with Crippen LogP contribution in [0.15, 0.2) is 42.5 Å². The summed E-state index contributed by atoms with van der Waals surface area (Å²) in [5, 5.41) is 22.0. The van der Waals surface area contributed by atoms with E-state index in [0.29, 0.717) is 6.54 Å². The van der Waals surface area contributed by atoms with Crippen LogP contribution >= 0.6 is 0 Å². The van der Waals surface area contributed by atoms with Gasteiger partial charge in [0.1, 0.15) is 17.4 Å². The summed E-state index contributed by atoms with van der Waals surface area (Å²) in [5.74, 6) is -1.25. The number of aliphatic hydroxyl groups is 1. The lowest BCUT2D eigenvalue weighted by molar-refractivity contribution is 0.169. The van der Waals surface area contributed by atoms with E-state index < -0.39 is 17.7 Å². The van der Waals surface area contributed by atoms with Gasteiger partial charge in [-0.2, -0.15) is 0 Å². The van der Waals surface area contributed by atoms with E-state index in [2.05, 4.69) is 5.32 Å². The molecule has 0 aliphatic rings. The number of rotatable bonds is 5. The largest absolute Gasteiger partial charge is 0.508 e. The number of aromatic hydroxyl groups is 1. The normalized spacial score (nSPS) is 12.3. The number of hydrogen-bond donors (Lipinski definition) is 3. The zero-order valence-corrected chi connectivity index (χ0v) is 10.7. The molecule has 0 aliphatic carbocycles. The van der Waals surface area contributed by atoms with E-state index in [0.717, 1.165) is 17.7 Å². The molecule has 1 unspecified atom stereocenters. The van der Waals surface area contributed by atoms with Crippen LogP contribution in [0.4, 0.5) is 8.78 Å². The summed E-state index contributed by atoms with van der Waals surface area (Å²) in [5.41, 5.74) is 0.985. The van der Waals surface area contributed by atoms with Gasteiger partial charge in [0.25, 0.3) is 0 Å². The summed E-state index contributed by atoms with van der Waals surface area (Å²) in [7, 11) is 0. The third kappa shape index (κ3) is 3.76. The van der Waals surface area contributed by atoms with Crippen LogP contribution < -0.4 is 5.32 Å². The van der Waals surface area contributed by atoms with Gasteiger partial charge in [0.15, 0.2) is 0 Å². The van der Waals surface area contributed by atoms with Crippen LogP contribution in [-0.4, -0.2) is 16.8 Å². The summed E-state index contributed by atoms with van der Waals surface area (Å²) in [6.07, 6.45) is -1.05. The van der Waals surface area contributed by atoms with E-state index in [1.165, 1.54) is 6.07 Å². The van der Waals surface area contributed by atoms with Crippen molar-refractivity contribution in [2.24, 2.45) is 0 Å². The van der Waals surface area contributed by atoms with Crippen LogP contribution in [0.25, 0.3) is 0 Å². The van der Waals surface area contributed by atoms with Crippen LogP contribution in [0, 0.1) is 11.6 Å². The molecule has 106 valence electrons. The predicted molar refractivity (Wildman–Crippen MR) is 71.1 cm³/mol. The molecule has 3 nitrogen and oxygen atoms in total. The number of aliphatic hydroxyl groups excluding tert-OH is 1. The van der Waals surface area contributed by atoms with Gasteiger partial charge < -0.3 is 15.5 Å². The summed E-state index contributed by atoms with van der Waals surface area (Å²) >= 11 is 0. The molecule has 0 amide bonds. The third-order valence-electron chi connectivity index (χ3n) is 2.92. The Kier molecular flexibility index (Phi) is 4.65. The number of hydrogen-bond acceptors (Lipinski definition) is 3. The van der Waals surface area contributed by atoms with Gasteiger partial charge in [-0.15, -0.1) is 0 Å². The van der Waals surface area contributed by atoms with Gasteiger partial charge in [0.05, 0.1) is 6.10 Å². The molecule has 0 heterocycles. The average Bonchev–Trinajstić information content (AvgIpc) is 2.41. The Hall–Kier alpha value is -1.98. The molecule has 0 bridgehead atoms. The zero-order valence-electron chi connectivity index (χ0n) is 10.7. The van der Waals surface area contributed by atoms with Crippen molar-refractivity contribution in [1.82, 2.24) is 5.32 Å². The first-order chi connectivity index (χ1) is 9.56. The molecule has 0 saturated heterocycles. The van der Waals surface area contributed by atoms with Gasteiger partial charge in [-0.25, -0.2) is 8.78 Å². The maximum Gasteiger partial charge on any atom is 0.131 e. The summed E-state index contributed by atoms with van der Waals surface area (Å²) in [4.78, 5) is 0. The fraction of sp³-hybridized carbons (Fsp3) is 0.200. The Labute approximate surface area is 115 Å². The quantitative estimate of drug-likeness (QED) is 0.788. The monoisotopic (exact) mass is 279 g/mol. The molecule has 0 fully saturated rings. The SMILES string of the molecule is Oc1ccc(CNCC(O)c2ccc(F)cc2F)cc1. The number of phenols is 1. The number of halogens is 2. The minimum atomic E-state index is -1.05. The molecular formula is C15H15F2NO2. The Morgan fingerprint density at radius 2 is 1.75 bits per heavy atom. The number of nitrogens with one attached hydrogen (secondary N) is 1.